The molecule has 2 aromatic carbocycles. The molecular weight excluding hydrogens is 274 g/mol. The van der Waals surface area contributed by atoms with Crippen molar-refractivity contribution in [3.05, 3.63) is 71.3 Å². The Morgan fingerprint density at radius 1 is 1.14 bits per heavy atom. The fourth-order valence-electron chi connectivity index (χ4n) is 2.71. The van der Waals surface area contributed by atoms with Gasteiger partial charge in [0.15, 0.2) is 0 Å². The number of nitrogens with one attached hydrogen (secondary N) is 1. The summed E-state index contributed by atoms with van der Waals surface area (Å²) in [4.78, 5) is 11.0. The smallest absolute Gasteiger partial charge is 0.216 e. The molecule has 0 radical (unpaired) electrons. The van der Waals surface area contributed by atoms with Gasteiger partial charge in [0.1, 0.15) is 12.4 Å². The molecule has 1 N–H and O–H groups in total. The van der Waals surface area contributed by atoms with Crippen molar-refractivity contribution in [1.82, 2.24) is 5.32 Å². The Balaban J connectivity index is 1.98. The Labute approximate surface area is 130 Å². The zero-order valence-corrected chi connectivity index (χ0v) is 12.6. The van der Waals surface area contributed by atoms with E-state index in [1.165, 1.54) is 23.6 Å². The Bertz CT molecular complexity index is 669. The number of amides is 1. The van der Waals surface area contributed by atoms with E-state index >= 15 is 0 Å². The van der Waals surface area contributed by atoms with Gasteiger partial charge in [0.05, 0.1) is 0 Å². The lowest BCUT2D eigenvalue weighted by Gasteiger charge is -2.10. The number of carbonyl (C=O) groups is 1. The zero-order valence-electron chi connectivity index (χ0n) is 12.6. The van der Waals surface area contributed by atoms with E-state index in [0.717, 1.165) is 17.7 Å². The number of rotatable bonds is 3. The van der Waals surface area contributed by atoms with E-state index in [4.69, 9.17) is 4.74 Å². The number of benzene rings is 2. The average Bonchev–Trinajstić information content (AvgIpc) is 2.69. The van der Waals surface area contributed by atoms with Crippen LogP contribution in [0, 0.1) is 0 Å². The third-order valence-electron chi connectivity index (χ3n) is 3.73. The van der Waals surface area contributed by atoms with E-state index in [1.807, 2.05) is 24.3 Å². The van der Waals surface area contributed by atoms with Crippen molar-refractivity contribution in [3.8, 4) is 5.75 Å². The molecule has 3 heteroatoms. The fraction of sp³-hybridized carbons (Fsp3) is 0.211. The van der Waals surface area contributed by atoms with Crippen molar-refractivity contribution >= 4 is 11.5 Å². The molecule has 3 rings (SSSR count). The van der Waals surface area contributed by atoms with Crippen LogP contribution in [0.5, 0.6) is 5.75 Å². The molecule has 0 aromatic heterocycles. The lowest BCUT2D eigenvalue weighted by Crippen LogP contribution is -2.20. The predicted molar refractivity (Wildman–Crippen MR) is 87.6 cm³/mol. The van der Waals surface area contributed by atoms with Crippen molar-refractivity contribution < 1.29 is 9.53 Å². The second-order valence-corrected chi connectivity index (χ2v) is 5.33. The largest absolute Gasteiger partial charge is 0.488 e. The normalized spacial score (nSPS) is 14.5. The quantitative estimate of drug-likeness (QED) is 0.879. The third-order valence-corrected chi connectivity index (χ3v) is 3.73. The lowest BCUT2D eigenvalue weighted by molar-refractivity contribution is -0.118. The van der Waals surface area contributed by atoms with Crippen molar-refractivity contribution in [2.75, 3.05) is 6.54 Å². The van der Waals surface area contributed by atoms with Gasteiger partial charge in [0, 0.05) is 19.0 Å². The topological polar surface area (TPSA) is 38.3 Å². The highest BCUT2D eigenvalue weighted by Gasteiger charge is 2.17. The van der Waals surface area contributed by atoms with Crippen LogP contribution in [0.3, 0.4) is 0 Å². The Morgan fingerprint density at radius 2 is 1.86 bits per heavy atom. The fourth-order valence-corrected chi connectivity index (χ4v) is 2.71. The lowest BCUT2D eigenvalue weighted by atomic mass is 9.93. The SMILES string of the molecule is CC(=O)NCCC=C1c2ccccc2COc2ccccc21. The molecule has 0 spiro atoms. The maximum absolute atomic E-state index is 11.0. The summed E-state index contributed by atoms with van der Waals surface area (Å²) < 4.78 is 5.94. The number of carbonyl (C=O) groups excluding carboxylic acids is 1. The molecule has 112 valence electrons. The highest BCUT2D eigenvalue weighted by molar-refractivity contribution is 5.85. The van der Waals surface area contributed by atoms with E-state index in [-0.39, 0.29) is 5.91 Å². The van der Waals surface area contributed by atoms with E-state index in [2.05, 4.69) is 35.7 Å². The highest BCUT2D eigenvalue weighted by atomic mass is 16.5. The van der Waals surface area contributed by atoms with Crippen LogP contribution in [0.2, 0.25) is 0 Å². The molecule has 1 heterocycles. The highest BCUT2D eigenvalue weighted by Crippen LogP contribution is 2.36. The average molecular weight is 293 g/mol. The molecule has 0 fully saturated rings. The second-order valence-electron chi connectivity index (χ2n) is 5.33. The van der Waals surface area contributed by atoms with E-state index in [1.54, 1.807) is 0 Å². The monoisotopic (exact) mass is 293 g/mol. The maximum atomic E-state index is 11.0. The molecule has 2 aromatic rings. The third kappa shape index (κ3) is 3.03. The first-order valence-electron chi connectivity index (χ1n) is 7.51. The van der Waals surface area contributed by atoms with Crippen LogP contribution in [0.1, 0.15) is 30.0 Å². The van der Waals surface area contributed by atoms with Gasteiger partial charge in [-0.05, 0) is 29.2 Å². The van der Waals surface area contributed by atoms with Crippen LogP contribution in [-0.4, -0.2) is 12.5 Å². The number of ether oxygens (including phenoxy) is 1. The van der Waals surface area contributed by atoms with E-state index < -0.39 is 0 Å². The molecule has 1 amide bonds. The van der Waals surface area contributed by atoms with Crippen LogP contribution >= 0.6 is 0 Å². The first-order chi connectivity index (χ1) is 10.8. The molecular formula is C19H19NO2. The zero-order chi connectivity index (χ0) is 15.4. The molecule has 1 aliphatic rings. The molecule has 0 saturated heterocycles. The van der Waals surface area contributed by atoms with Crippen LogP contribution in [-0.2, 0) is 11.4 Å². The summed E-state index contributed by atoms with van der Waals surface area (Å²) in [5.74, 6) is 0.910. The van der Waals surface area contributed by atoms with Crippen molar-refractivity contribution in [2.24, 2.45) is 0 Å². The van der Waals surface area contributed by atoms with Crippen LogP contribution in [0.25, 0.3) is 5.57 Å². The van der Waals surface area contributed by atoms with Crippen molar-refractivity contribution in [2.45, 2.75) is 20.0 Å². The van der Waals surface area contributed by atoms with E-state index in [0.29, 0.717) is 13.2 Å². The van der Waals surface area contributed by atoms with Gasteiger partial charge in [-0.2, -0.15) is 0 Å². The Hall–Kier alpha value is -2.55. The first kappa shape index (κ1) is 14.4. The first-order valence-corrected chi connectivity index (χ1v) is 7.51. The Kier molecular flexibility index (Phi) is 4.24. The van der Waals surface area contributed by atoms with Gasteiger partial charge in [-0.3, -0.25) is 4.79 Å². The number of hydrogen-bond acceptors (Lipinski definition) is 2. The summed E-state index contributed by atoms with van der Waals surface area (Å²) >= 11 is 0. The minimum Gasteiger partial charge on any atom is -0.488 e. The summed E-state index contributed by atoms with van der Waals surface area (Å²) in [6.07, 6.45) is 2.97. The maximum Gasteiger partial charge on any atom is 0.216 e. The van der Waals surface area contributed by atoms with Crippen molar-refractivity contribution in [3.63, 3.8) is 0 Å². The van der Waals surface area contributed by atoms with Crippen LogP contribution in [0.4, 0.5) is 0 Å². The summed E-state index contributed by atoms with van der Waals surface area (Å²) in [5.41, 5.74) is 4.67. The summed E-state index contributed by atoms with van der Waals surface area (Å²) in [5, 5.41) is 2.83. The number of para-hydroxylation sites is 1. The van der Waals surface area contributed by atoms with E-state index in [9.17, 15) is 4.79 Å². The minimum atomic E-state index is 0.00315. The molecule has 1 aliphatic heterocycles. The molecule has 0 atom stereocenters. The van der Waals surface area contributed by atoms with Crippen molar-refractivity contribution in [1.29, 1.82) is 0 Å². The Morgan fingerprint density at radius 3 is 2.68 bits per heavy atom. The molecule has 0 aliphatic carbocycles. The summed E-state index contributed by atoms with van der Waals surface area (Å²) in [7, 11) is 0. The molecule has 22 heavy (non-hydrogen) atoms. The molecule has 0 saturated carbocycles. The van der Waals surface area contributed by atoms with Crippen LogP contribution in [0.15, 0.2) is 54.6 Å². The number of hydrogen-bond donors (Lipinski definition) is 1. The molecule has 3 nitrogen and oxygen atoms in total. The standard InChI is InChI=1S/C19H19NO2/c1-14(21)20-12-6-10-17-16-8-3-2-7-15(16)13-22-19-11-5-4-9-18(17)19/h2-5,7-11H,6,12-13H2,1H3,(H,20,21). The van der Waals surface area contributed by atoms with Gasteiger partial charge >= 0.3 is 0 Å². The van der Waals surface area contributed by atoms with Gasteiger partial charge in [-0.15, -0.1) is 0 Å². The molecule has 0 unspecified atom stereocenters. The molecule has 0 bridgehead atoms. The summed E-state index contributed by atoms with van der Waals surface area (Å²) in [6, 6.07) is 16.4. The second kappa shape index (κ2) is 6.48. The van der Waals surface area contributed by atoms with Gasteiger partial charge < -0.3 is 10.1 Å². The summed E-state index contributed by atoms with van der Waals surface area (Å²) in [6.45, 7) is 2.76. The minimum absolute atomic E-state index is 0.00315. The van der Waals surface area contributed by atoms with Gasteiger partial charge in [0.25, 0.3) is 0 Å². The number of fused-ring (bicyclic) bond motifs is 2. The van der Waals surface area contributed by atoms with Gasteiger partial charge in [0.2, 0.25) is 5.91 Å². The predicted octanol–water partition coefficient (Wildman–Crippen LogP) is 3.54. The van der Waals surface area contributed by atoms with Gasteiger partial charge in [-0.25, -0.2) is 0 Å². The van der Waals surface area contributed by atoms with Gasteiger partial charge in [-0.1, -0.05) is 48.5 Å². The van der Waals surface area contributed by atoms with Crippen LogP contribution < -0.4 is 10.1 Å².